The van der Waals surface area contributed by atoms with E-state index in [0.717, 1.165) is 5.69 Å². The van der Waals surface area contributed by atoms with E-state index < -0.39 is 10.0 Å². The van der Waals surface area contributed by atoms with Crippen LogP contribution in [0.2, 0.25) is 0 Å². The molecule has 0 atom stereocenters. The summed E-state index contributed by atoms with van der Waals surface area (Å²) in [6.45, 7) is 6.74. The zero-order chi connectivity index (χ0) is 15.3. The smallest absolute Gasteiger partial charge is 0.262 e. The average molecular weight is 304 g/mol. The Labute approximate surface area is 120 Å². The standard InChI is InChI=1S/C12H24N4O3S/c1-9(2)19-7-6-16(5)20(17,18)12-11(8-13-4)10(3)14-15-12/h9,13H,6-8H2,1-5H3,(H,14,15). The number of sulfonamides is 1. The number of aryl methyl sites for hydroxylation is 1. The van der Waals surface area contributed by atoms with Crippen LogP contribution in [0.4, 0.5) is 0 Å². The predicted octanol–water partition coefficient (Wildman–Crippen LogP) is 0.483. The number of nitrogens with zero attached hydrogens (tertiary/aromatic N) is 2. The van der Waals surface area contributed by atoms with E-state index in [1.807, 2.05) is 13.8 Å². The van der Waals surface area contributed by atoms with Crippen LogP contribution in [0.1, 0.15) is 25.1 Å². The van der Waals surface area contributed by atoms with Crippen molar-refractivity contribution in [3.63, 3.8) is 0 Å². The molecule has 0 aromatic carbocycles. The lowest BCUT2D eigenvalue weighted by atomic mass is 10.3. The van der Waals surface area contributed by atoms with E-state index in [0.29, 0.717) is 25.3 Å². The summed E-state index contributed by atoms with van der Waals surface area (Å²) in [7, 11) is -0.297. The molecule has 0 saturated heterocycles. The van der Waals surface area contributed by atoms with Gasteiger partial charge in [0, 0.05) is 31.4 Å². The number of ether oxygens (including phenoxy) is 1. The highest BCUT2D eigenvalue weighted by atomic mass is 32.2. The Morgan fingerprint density at radius 1 is 1.45 bits per heavy atom. The third kappa shape index (κ3) is 4.02. The van der Waals surface area contributed by atoms with Crippen LogP contribution in [-0.2, 0) is 21.3 Å². The van der Waals surface area contributed by atoms with Crippen molar-refractivity contribution in [2.75, 3.05) is 27.2 Å². The van der Waals surface area contributed by atoms with E-state index in [1.54, 1.807) is 14.0 Å². The third-order valence-electron chi connectivity index (χ3n) is 2.90. The van der Waals surface area contributed by atoms with Crippen molar-refractivity contribution < 1.29 is 13.2 Å². The molecule has 7 nitrogen and oxygen atoms in total. The molecule has 0 unspecified atom stereocenters. The van der Waals surface area contributed by atoms with Gasteiger partial charge in [-0.2, -0.15) is 9.40 Å². The Morgan fingerprint density at radius 2 is 2.10 bits per heavy atom. The van der Waals surface area contributed by atoms with Gasteiger partial charge in [-0.25, -0.2) is 8.42 Å². The molecule has 0 spiro atoms. The Bertz CT molecular complexity index is 525. The number of H-pyrrole nitrogens is 1. The molecule has 116 valence electrons. The monoisotopic (exact) mass is 304 g/mol. The summed E-state index contributed by atoms with van der Waals surface area (Å²) in [6, 6.07) is 0. The van der Waals surface area contributed by atoms with Gasteiger partial charge in [-0.1, -0.05) is 0 Å². The summed E-state index contributed by atoms with van der Waals surface area (Å²) >= 11 is 0. The molecule has 2 N–H and O–H groups in total. The van der Waals surface area contributed by atoms with Crippen LogP contribution in [0.3, 0.4) is 0 Å². The number of hydrogen-bond donors (Lipinski definition) is 2. The number of hydrogen-bond acceptors (Lipinski definition) is 5. The maximum absolute atomic E-state index is 12.5. The van der Waals surface area contributed by atoms with E-state index in [2.05, 4.69) is 15.5 Å². The van der Waals surface area contributed by atoms with Crippen molar-refractivity contribution in [3.05, 3.63) is 11.3 Å². The normalized spacial score (nSPS) is 12.6. The van der Waals surface area contributed by atoms with Gasteiger partial charge in [0.2, 0.25) is 0 Å². The van der Waals surface area contributed by atoms with Gasteiger partial charge in [-0.05, 0) is 27.8 Å². The predicted molar refractivity (Wildman–Crippen MR) is 77.0 cm³/mol. The molecule has 1 rings (SSSR count). The van der Waals surface area contributed by atoms with Crippen molar-refractivity contribution in [1.82, 2.24) is 19.8 Å². The average Bonchev–Trinajstić information content (AvgIpc) is 2.71. The first-order chi connectivity index (χ1) is 9.30. The zero-order valence-electron chi connectivity index (χ0n) is 12.7. The maximum atomic E-state index is 12.5. The first-order valence-corrected chi connectivity index (χ1v) is 8.01. The third-order valence-corrected chi connectivity index (χ3v) is 4.73. The highest BCUT2D eigenvalue weighted by Crippen LogP contribution is 2.19. The number of aromatic amines is 1. The van der Waals surface area contributed by atoms with E-state index >= 15 is 0 Å². The summed E-state index contributed by atoms with van der Waals surface area (Å²) in [6.07, 6.45) is 0.0820. The minimum Gasteiger partial charge on any atom is -0.377 e. The Balaban J connectivity index is 2.87. The van der Waals surface area contributed by atoms with Crippen LogP contribution in [-0.4, -0.2) is 56.3 Å². The summed E-state index contributed by atoms with van der Waals surface area (Å²) < 4.78 is 31.6. The molecule has 0 amide bonds. The van der Waals surface area contributed by atoms with Gasteiger partial charge < -0.3 is 10.1 Å². The van der Waals surface area contributed by atoms with Gasteiger partial charge >= 0.3 is 0 Å². The van der Waals surface area contributed by atoms with Crippen LogP contribution < -0.4 is 5.32 Å². The van der Waals surface area contributed by atoms with Crippen LogP contribution in [0, 0.1) is 6.92 Å². The fourth-order valence-corrected chi connectivity index (χ4v) is 3.02. The highest BCUT2D eigenvalue weighted by Gasteiger charge is 2.27. The highest BCUT2D eigenvalue weighted by molar-refractivity contribution is 7.89. The summed E-state index contributed by atoms with van der Waals surface area (Å²) in [5.74, 6) is 0. The number of rotatable bonds is 8. The molecule has 0 aliphatic carbocycles. The minimum atomic E-state index is -3.60. The molecule has 1 aromatic rings. The fourth-order valence-electron chi connectivity index (χ4n) is 1.71. The maximum Gasteiger partial charge on any atom is 0.262 e. The quantitative estimate of drug-likeness (QED) is 0.729. The first-order valence-electron chi connectivity index (χ1n) is 6.57. The summed E-state index contributed by atoms with van der Waals surface area (Å²) in [4.78, 5) is 0. The van der Waals surface area contributed by atoms with E-state index in [9.17, 15) is 8.42 Å². The summed E-state index contributed by atoms with van der Waals surface area (Å²) in [5, 5.41) is 9.70. The van der Waals surface area contributed by atoms with Crippen molar-refractivity contribution >= 4 is 10.0 Å². The minimum absolute atomic E-state index is 0.0800. The lowest BCUT2D eigenvalue weighted by Crippen LogP contribution is -2.32. The van der Waals surface area contributed by atoms with Gasteiger partial charge in [-0.3, -0.25) is 5.10 Å². The number of nitrogens with one attached hydrogen (secondary N) is 2. The van der Waals surface area contributed by atoms with Crippen molar-refractivity contribution in [3.8, 4) is 0 Å². The Hall–Kier alpha value is -0.960. The molecule has 1 heterocycles. The van der Waals surface area contributed by atoms with Gasteiger partial charge in [-0.15, -0.1) is 0 Å². The Morgan fingerprint density at radius 3 is 2.65 bits per heavy atom. The van der Waals surface area contributed by atoms with Crippen molar-refractivity contribution in [2.24, 2.45) is 0 Å². The van der Waals surface area contributed by atoms with Crippen molar-refractivity contribution in [2.45, 2.75) is 38.4 Å². The molecular formula is C12H24N4O3S. The van der Waals surface area contributed by atoms with E-state index in [-0.39, 0.29) is 11.1 Å². The molecule has 0 aliphatic rings. The van der Waals surface area contributed by atoms with Crippen LogP contribution in [0.25, 0.3) is 0 Å². The van der Waals surface area contributed by atoms with Crippen LogP contribution >= 0.6 is 0 Å². The molecule has 0 fully saturated rings. The van der Waals surface area contributed by atoms with Gasteiger partial charge in [0.1, 0.15) is 0 Å². The Kier molecular flexibility index (Phi) is 6.12. The second kappa shape index (κ2) is 7.16. The molecule has 8 heteroatoms. The molecule has 1 aromatic heterocycles. The molecular weight excluding hydrogens is 280 g/mol. The van der Waals surface area contributed by atoms with E-state index in [1.165, 1.54) is 11.4 Å². The molecule has 0 radical (unpaired) electrons. The van der Waals surface area contributed by atoms with Gasteiger partial charge in [0.05, 0.1) is 12.7 Å². The second-order valence-corrected chi connectivity index (χ2v) is 6.87. The van der Waals surface area contributed by atoms with Crippen LogP contribution in [0.5, 0.6) is 0 Å². The largest absolute Gasteiger partial charge is 0.377 e. The van der Waals surface area contributed by atoms with Gasteiger partial charge in [0.15, 0.2) is 5.03 Å². The van der Waals surface area contributed by atoms with Gasteiger partial charge in [0.25, 0.3) is 10.0 Å². The topological polar surface area (TPSA) is 87.3 Å². The number of likely N-dealkylation sites (N-methyl/N-ethyl adjacent to an activating group) is 1. The lowest BCUT2D eigenvalue weighted by molar-refractivity contribution is 0.0737. The second-order valence-electron chi connectivity index (χ2n) is 4.91. The van der Waals surface area contributed by atoms with Crippen LogP contribution in [0.15, 0.2) is 5.03 Å². The molecule has 0 bridgehead atoms. The van der Waals surface area contributed by atoms with Crippen molar-refractivity contribution in [1.29, 1.82) is 0 Å². The first kappa shape index (κ1) is 17.1. The SMILES string of the molecule is CNCc1c(S(=O)(=O)N(C)CCOC(C)C)n[nH]c1C. The zero-order valence-corrected chi connectivity index (χ0v) is 13.5. The van der Waals surface area contributed by atoms with E-state index in [4.69, 9.17) is 4.74 Å². The number of aromatic nitrogens is 2. The molecule has 20 heavy (non-hydrogen) atoms. The molecule has 0 aliphatic heterocycles. The fraction of sp³-hybridized carbons (Fsp3) is 0.750. The molecule has 0 saturated carbocycles. The summed E-state index contributed by atoms with van der Waals surface area (Å²) in [5.41, 5.74) is 1.42. The lowest BCUT2D eigenvalue weighted by Gasteiger charge is -2.17.